The van der Waals surface area contributed by atoms with Crippen LogP contribution in [0.2, 0.25) is 0 Å². The van der Waals surface area contributed by atoms with Crippen molar-refractivity contribution in [3.05, 3.63) is 40.0 Å². The van der Waals surface area contributed by atoms with Gasteiger partial charge in [-0.05, 0) is 35.0 Å². The summed E-state index contributed by atoms with van der Waals surface area (Å²) in [6.45, 7) is 1.79. The number of hydrogen-bond acceptors (Lipinski definition) is 3. The molecule has 1 aromatic heterocycles. The normalized spacial score (nSPS) is 11.5. The molecular weight excluding hydrogens is 335 g/mol. The van der Waals surface area contributed by atoms with Crippen LogP contribution in [0.15, 0.2) is 28.7 Å². The van der Waals surface area contributed by atoms with Crippen LogP contribution < -0.4 is 5.32 Å². The SMILES string of the molecule is CNc1nc(-c2ccc(C(F)(F)F)cc2)nc(C)c1Br. The number of alkyl halides is 3. The van der Waals surface area contributed by atoms with E-state index in [4.69, 9.17) is 0 Å². The molecule has 0 saturated heterocycles. The highest BCUT2D eigenvalue weighted by molar-refractivity contribution is 9.10. The van der Waals surface area contributed by atoms with Gasteiger partial charge in [0.25, 0.3) is 0 Å². The highest BCUT2D eigenvalue weighted by Gasteiger charge is 2.30. The van der Waals surface area contributed by atoms with Crippen LogP contribution in [0.5, 0.6) is 0 Å². The van der Waals surface area contributed by atoms with Crippen LogP contribution >= 0.6 is 15.9 Å². The molecule has 1 aromatic carbocycles. The molecule has 20 heavy (non-hydrogen) atoms. The van der Waals surface area contributed by atoms with Gasteiger partial charge < -0.3 is 5.32 Å². The zero-order valence-corrected chi connectivity index (χ0v) is 12.3. The van der Waals surface area contributed by atoms with E-state index in [1.165, 1.54) is 12.1 Å². The third-order valence-corrected chi connectivity index (χ3v) is 3.67. The molecule has 0 fully saturated rings. The standard InChI is InChI=1S/C13H11BrF3N3/c1-7-10(14)12(18-2)20-11(19-7)8-3-5-9(6-4-8)13(15,16)17/h3-6H,1-2H3,(H,18,19,20). The molecule has 0 radical (unpaired) electrons. The third kappa shape index (κ3) is 2.92. The van der Waals surface area contributed by atoms with Gasteiger partial charge in [0, 0.05) is 12.6 Å². The zero-order chi connectivity index (χ0) is 14.9. The predicted octanol–water partition coefficient (Wildman–Crippen LogP) is 4.28. The fourth-order valence-electron chi connectivity index (χ4n) is 1.66. The number of nitrogens with zero attached hydrogens (tertiary/aromatic N) is 2. The summed E-state index contributed by atoms with van der Waals surface area (Å²) in [5, 5.41) is 2.90. The molecule has 0 unspecified atom stereocenters. The molecule has 0 bridgehead atoms. The lowest BCUT2D eigenvalue weighted by atomic mass is 10.1. The van der Waals surface area contributed by atoms with Crippen LogP contribution in [-0.2, 0) is 6.18 Å². The first-order chi connectivity index (χ1) is 9.32. The van der Waals surface area contributed by atoms with Crippen LogP contribution in [0.25, 0.3) is 11.4 Å². The number of hydrogen-bond donors (Lipinski definition) is 1. The van der Waals surface area contributed by atoms with Crippen molar-refractivity contribution in [2.75, 3.05) is 12.4 Å². The van der Waals surface area contributed by atoms with Crippen molar-refractivity contribution in [2.24, 2.45) is 0 Å². The smallest absolute Gasteiger partial charge is 0.372 e. The van der Waals surface area contributed by atoms with Gasteiger partial charge in [-0.25, -0.2) is 9.97 Å². The maximum absolute atomic E-state index is 12.5. The molecule has 0 saturated carbocycles. The lowest BCUT2D eigenvalue weighted by molar-refractivity contribution is -0.137. The average molecular weight is 346 g/mol. The van der Waals surface area contributed by atoms with Crippen molar-refractivity contribution < 1.29 is 13.2 Å². The van der Waals surface area contributed by atoms with Gasteiger partial charge in [0.05, 0.1) is 15.7 Å². The minimum Gasteiger partial charge on any atom is -0.372 e. The maximum Gasteiger partial charge on any atom is 0.416 e. The van der Waals surface area contributed by atoms with Crippen molar-refractivity contribution in [1.29, 1.82) is 0 Å². The van der Waals surface area contributed by atoms with Gasteiger partial charge in [-0.2, -0.15) is 13.2 Å². The van der Waals surface area contributed by atoms with E-state index in [1.807, 2.05) is 0 Å². The van der Waals surface area contributed by atoms with Gasteiger partial charge in [-0.3, -0.25) is 0 Å². The summed E-state index contributed by atoms with van der Waals surface area (Å²) < 4.78 is 38.3. The first-order valence-electron chi connectivity index (χ1n) is 5.72. The number of aromatic nitrogens is 2. The summed E-state index contributed by atoms with van der Waals surface area (Å²) >= 11 is 3.35. The van der Waals surface area contributed by atoms with Crippen LogP contribution in [0.4, 0.5) is 19.0 Å². The van der Waals surface area contributed by atoms with E-state index < -0.39 is 11.7 Å². The predicted molar refractivity (Wildman–Crippen MR) is 74.5 cm³/mol. The second kappa shape index (κ2) is 5.40. The number of nitrogens with one attached hydrogen (secondary N) is 1. The second-order valence-electron chi connectivity index (χ2n) is 4.12. The van der Waals surface area contributed by atoms with E-state index in [-0.39, 0.29) is 0 Å². The fraction of sp³-hybridized carbons (Fsp3) is 0.231. The molecule has 0 aliphatic rings. The van der Waals surface area contributed by atoms with Gasteiger partial charge in [-0.15, -0.1) is 0 Å². The highest BCUT2D eigenvalue weighted by atomic mass is 79.9. The minimum atomic E-state index is -4.34. The number of anilines is 1. The summed E-state index contributed by atoms with van der Waals surface area (Å²) in [6.07, 6.45) is -4.34. The summed E-state index contributed by atoms with van der Waals surface area (Å²) in [5.74, 6) is 0.969. The first kappa shape index (κ1) is 14.8. The van der Waals surface area contributed by atoms with Crippen molar-refractivity contribution in [1.82, 2.24) is 9.97 Å². The topological polar surface area (TPSA) is 37.8 Å². The lowest BCUT2D eigenvalue weighted by Crippen LogP contribution is -2.05. The number of halogens is 4. The number of benzene rings is 1. The van der Waals surface area contributed by atoms with Crippen LogP contribution in [0, 0.1) is 6.92 Å². The Morgan fingerprint density at radius 1 is 1.10 bits per heavy atom. The van der Waals surface area contributed by atoms with E-state index in [1.54, 1.807) is 14.0 Å². The van der Waals surface area contributed by atoms with E-state index in [0.29, 0.717) is 22.9 Å². The summed E-state index contributed by atoms with van der Waals surface area (Å²) in [5.41, 5.74) is 0.549. The summed E-state index contributed by atoms with van der Waals surface area (Å²) in [6, 6.07) is 4.78. The van der Waals surface area contributed by atoms with E-state index in [2.05, 4.69) is 31.2 Å². The van der Waals surface area contributed by atoms with Gasteiger partial charge in [0.1, 0.15) is 5.82 Å². The van der Waals surface area contributed by atoms with E-state index >= 15 is 0 Å². The molecule has 0 aliphatic carbocycles. The number of aryl methyl sites for hydroxylation is 1. The largest absolute Gasteiger partial charge is 0.416 e. The second-order valence-corrected chi connectivity index (χ2v) is 4.91. The first-order valence-corrected chi connectivity index (χ1v) is 6.51. The summed E-state index contributed by atoms with van der Waals surface area (Å²) in [7, 11) is 1.71. The highest BCUT2D eigenvalue weighted by Crippen LogP contribution is 2.31. The van der Waals surface area contributed by atoms with E-state index in [9.17, 15) is 13.2 Å². The molecule has 3 nitrogen and oxygen atoms in total. The molecule has 0 atom stereocenters. The lowest BCUT2D eigenvalue weighted by Gasteiger charge is -2.10. The Labute approximate surface area is 122 Å². The molecule has 106 valence electrons. The average Bonchev–Trinajstić information content (AvgIpc) is 2.41. The van der Waals surface area contributed by atoms with Crippen molar-refractivity contribution >= 4 is 21.7 Å². The van der Waals surface area contributed by atoms with E-state index in [0.717, 1.165) is 16.6 Å². The molecular formula is C13H11BrF3N3. The van der Waals surface area contributed by atoms with Gasteiger partial charge in [-0.1, -0.05) is 12.1 Å². The Morgan fingerprint density at radius 3 is 2.20 bits per heavy atom. The molecule has 7 heteroatoms. The Bertz CT molecular complexity index is 624. The van der Waals surface area contributed by atoms with Crippen LogP contribution in [0.3, 0.4) is 0 Å². The minimum absolute atomic E-state index is 0.378. The van der Waals surface area contributed by atoms with Gasteiger partial charge in [0.2, 0.25) is 0 Å². The van der Waals surface area contributed by atoms with Crippen molar-refractivity contribution in [2.45, 2.75) is 13.1 Å². The monoisotopic (exact) mass is 345 g/mol. The Balaban J connectivity index is 2.44. The van der Waals surface area contributed by atoms with Gasteiger partial charge in [0.15, 0.2) is 5.82 Å². The number of rotatable bonds is 2. The Morgan fingerprint density at radius 2 is 1.70 bits per heavy atom. The maximum atomic E-state index is 12.5. The molecule has 1 heterocycles. The fourth-order valence-corrected chi connectivity index (χ4v) is 2.04. The molecule has 0 spiro atoms. The Kier molecular flexibility index (Phi) is 3.99. The summed E-state index contributed by atoms with van der Waals surface area (Å²) in [4.78, 5) is 8.53. The molecule has 2 rings (SSSR count). The zero-order valence-electron chi connectivity index (χ0n) is 10.7. The molecule has 0 aliphatic heterocycles. The van der Waals surface area contributed by atoms with Gasteiger partial charge >= 0.3 is 6.18 Å². The van der Waals surface area contributed by atoms with Crippen LogP contribution in [0.1, 0.15) is 11.3 Å². The Hall–Kier alpha value is -1.63. The molecule has 0 amide bonds. The van der Waals surface area contributed by atoms with Crippen LogP contribution in [-0.4, -0.2) is 17.0 Å². The van der Waals surface area contributed by atoms with Crippen molar-refractivity contribution in [3.63, 3.8) is 0 Å². The third-order valence-electron chi connectivity index (χ3n) is 2.72. The quantitative estimate of drug-likeness (QED) is 0.882. The molecule has 2 aromatic rings. The molecule has 1 N–H and O–H groups in total. The van der Waals surface area contributed by atoms with Crippen molar-refractivity contribution in [3.8, 4) is 11.4 Å².